The van der Waals surface area contributed by atoms with Gasteiger partial charge in [-0.15, -0.1) is 0 Å². The molecule has 0 fully saturated rings. The zero-order chi connectivity index (χ0) is 12.7. The van der Waals surface area contributed by atoms with Gasteiger partial charge in [0.25, 0.3) is 0 Å². The number of hydrogen-bond donors (Lipinski definition) is 2. The van der Waals surface area contributed by atoms with Crippen molar-refractivity contribution < 1.29 is 5.11 Å². The first-order chi connectivity index (χ1) is 7.49. The Labute approximate surface area is 102 Å². The molecular formula is C14H31NO. The Morgan fingerprint density at radius 2 is 1.44 bits per heavy atom. The number of rotatable bonds is 9. The van der Waals surface area contributed by atoms with Crippen LogP contribution < -0.4 is 5.73 Å². The number of hydrogen-bond acceptors (Lipinski definition) is 2. The average Bonchev–Trinajstić information content (AvgIpc) is 2.33. The lowest BCUT2D eigenvalue weighted by Crippen LogP contribution is -2.59. The van der Waals surface area contributed by atoms with Crippen LogP contribution in [0.25, 0.3) is 0 Å². The molecular weight excluding hydrogens is 198 g/mol. The van der Waals surface area contributed by atoms with E-state index >= 15 is 0 Å². The lowest BCUT2D eigenvalue weighted by molar-refractivity contribution is -0.0520. The summed E-state index contributed by atoms with van der Waals surface area (Å²) in [6.45, 7) is 8.41. The summed E-state index contributed by atoms with van der Waals surface area (Å²) < 4.78 is 0. The van der Waals surface area contributed by atoms with Gasteiger partial charge in [-0.2, -0.15) is 0 Å². The monoisotopic (exact) mass is 229 g/mol. The van der Waals surface area contributed by atoms with E-state index in [1.807, 2.05) is 6.92 Å². The molecule has 98 valence electrons. The Bertz CT molecular complexity index is 178. The molecule has 0 heterocycles. The quantitative estimate of drug-likeness (QED) is 0.593. The van der Waals surface area contributed by atoms with Gasteiger partial charge in [0.15, 0.2) is 0 Å². The molecule has 0 aliphatic carbocycles. The number of nitrogens with two attached hydrogens (primary N) is 1. The van der Waals surface area contributed by atoms with E-state index in [-0.39, 0.29) is 0 Å². The molecule has 0 rings (SSSR count). The van der Waals surface area contributed by atoms with Crippen molar-refractivity contribution in [3.05, 3.63) is 0 Å². The molecule has 0 saturated carbocycles. The minimum Gasteiger partial charge on any atom is -0.388 e. The second-order valence-corrected chi connectivity index (χ2v) is 5.06. The summed E-state index contributed by atoms with van der Waals surface area (Å²) in [4.78, 5) is 0. The first-order valence-electron chi connectivity index (χ1n) is 7.00. The van der Waals surface area contributed by atoms with Gasteiger partial charge in [-0.1, -0.05) is 53.4 Å². The van der Waals surface area contributed by atoms with Crippen LogP contribution in [-0.4, -0.2) is 16.2 Å². The third-order valence-corrected chi connectivity index (χ3v) is 4.22. The van der Waals surface area contributed by atoms with Crippen LogP contribution in [0.3, 0.4) is 0 Å². The summed E-state index contributed by atoms with van der Waals surface area (Å²) in [5, 5.41) is 10.7. The van der Waals surface area contributed by atoms with Crippen LogP contribution in [0.5, 0.6) is 0 Å². The maximum Gasteiger partial charge on any atom is 0.0823 e. The van der Waals surface area contributed by atoms with Crippen LogP contribution >= 0.6 is 0 Å². The predicted octanol–water partition coefficient (Wildman–Crippen LogP) is 3.62. The van der Waals surface area contributed by atoms with Gasteiger partial charge in [-0.25, -0.2) is 0 Å². The molecule has 16 heavy (non-hydrogen) atoms. The molecule has 1 unspecified atom stereocenters. The van der Waals surface area contributed by atoms with Gasteiger partial charge in [0, 0.05) is 5.54 Å². The second kappa shape index (κ2) is 7.29. The van der Waals surface area contributed by atoms with Crippen molar-refractivity contribution >= 4 is 0 Å². The summed E-state index contributed by atoms with van der Waals surface area (Å²) in [6.07, 6.45) is 8.11. The van der Waals surface area contributed by atoms with Crippen LogP contribution in [0.2, 0.25) is 0 Å². The summed E-state index contributed by atoms with van der Waals surface area (Å²) in [6, 6.07) is 0. The van der Waals surface area contributed by atoms with Gasteiger partial charge in [0.2, 0.25) is 0 Å². The maximum absolute atomic E-state index is 10.7. The third kappa shape index (κ3) is 3.74. The molecule has 0 spiro atoms. The van der Waals surface area contributed by atoms with Crippen molar-refractivity contribution in [1.29, 1.82) is 0 Å². The van der Waals surface area contributed by atoms with E-state index in [2.05, 4.69) is 20.8 Å². The minimum absolute atomic E-state index is 0.409. The van der Waals surface area contributed by atoms with Crippen molar-refractivity contribution in [2.75, 3.05) is 0 Å². The van der Waals surface area contributed by atoms with E-state index in [9.17, 15) is 5.11 Å². The third-order valence-electron chi connectivity index (χ3n) is 4.22. The standard InChI is InChI=1S/C14H31NO/c1-5-9-10-11-12-14(16,8-4)13(15,6-2)7-3/h16H,5-12,15H2,1-4H3. The Hall–Kier alpha value is -0.0800. The molecule has 1 atom stereocenters. The lowest BCUT2D eigenvalue weighted by Gasteiger charge is -2.44. The fourth-order valence-electron chi connectivity index (χ4n) is 2.53. The zero-order valence-electron chi connectivity index (χ0n) is 11.7. The van der Waals surface area contributed by atoms with Gasteiger partial charge in [-0.3, -0.25) is 0 Å². The molecule has 0 bridgehead atoms. The fourth-order valence-corrected chi connectivity index (χ4v) is 2.53. The van der Waals surface area contributed by atoms with E-state index in [4.69, 9.17) is 5.73 Å². The summed E-state index contributed by atoms with van der Waals surface area (Å²) in [5.41, 5.74) is 5.27. The predicted molar refractivity (Wildman–Crippen MR) is 71.5 cm³/mol. The van der Waals surface area contributed by atoms with Crippen LogP contribution in [0.15, 0.2) is 0 Å². The van der Waals surface area contributed by atoms with Crippen molar-refractivity contribution in [3.8, 4) is 0 Å². The smallest absolute Gasteiger partial charge is 0.0823 e. The molecule has 0 saturated heterocycles. The van der Waals surface area contributed by atoms with E-state index in [1.165, 1.54) is 19.3 Å². The van der Waals surface area contributed by atoms with Gasteiger partial charge >= 0.3 is 0 Å². The van der Waals surface area contributed by atoms with Gasteiger partial charge < -0.3 is 10.8 Å². The molecule has 0 radical (unpaired) electrons. The minimum atomic E-state index is -0.676. The molecule has 0 aromatic carbocycles. The number of aliphatic hydroxyl groups is 1. The van der Waals surface area contributed by atoms with Crippen LogP contribution in [0.1, 0.15) is 79.1 Å². The van der Waals surface area contributed by atoms with Gasteiger partial charge in [-0.05, 0) is 25.7 Å². The Morgan fingerprint density at radius 1 is 0.875 bits per heavy atom. The first-order valence-corrected chi connectivity index (χ1v) is 7.00. The number of unbranched alkanes of at least 4 members (excludes halogenated alkanes) is 3. The molecule has 0 aromatic rings. The SMILES string of the molecule is CCCCCCC(O)(CC)C(N)(CC)CC. The lowest BCUT2D eigenvalue weighted by atomic mass is 9.72. The van der Waals surface area contributed by atoms with Crippen LogP contribution in [0, 0.1) is 0 Å². The van der Waals surface area contributed by atoms with Gasteiger partial charge in [0.05, 0.1) is 5.60 Å². The molecule has 2 nitrogen and oxygen atoms in total. The first kappa shape index (κ1) is 15.9. The second-order valence-electron chi connectivity index (χ2n) is 5.06. The van der Waals surface area contributed by atoms with E-state index < -0.39 is 11.1 Å². The Kier molecular flexibility index (Phi) is 7.25. The molecule has 0 aliphatic heterocycles. The highest BCUT2D eigenvalue weighted by Gasteiger charge is 2.42. The van der Waals surface area contributed by atoms with Crippen LogP contribution in [-0.2, 0) is 0 Å². The molecule has 2 heteroatoms. The largest absolute Gasteiger partial charge is 0.388 e. The highest BCUT2D eigenvalue weighted by molar-refractivity contribution is 5.01. The molecule has 0 amide bonds. The maximum atomic E-state index is 10.7. The molecule has 3 N–H and O–H groups in total. The zero-order valence-corrected chi connectivity index (χ0v) is 11.7. The summed E-state index contributed by atoms with van der Waals surface area (Å²) in [7, 11) is 0. The van der Waals surface area contributed by atoms with Crippen molar-refractivity contribution in [1.82, 2.24) is 0 Å². The van der Waals surface area contributed by atoms with Gasteiger partial charge in [0.1, 0.15) is 0 Å². The normalized spacial score (nSPS) is 16.1. The van der Waals surface area contributed by atoms with E-state index in [0.29, 0.717) is 0 Å². The Morgan fingerprint density at radius 3 is 1.81 bits per heavy atom. The summed E-state index contributed by atoms with van der Waals surface area (Å²) >= 11 is 0. The van der Waals surface area contributed by atoms with E-state index in [1.54, 1.807) is 0 Å². The molecule has 0 aromatic heterocycles. The topological polar surface area (TPSA) is 46.2 Å². The Balaban J connectivity index is 4.39. The van der Waals surface area contributed by atoms with Crippen molar-refractivity contribution in [2.45, 2.75) is 90.2 Å². The summed E-state index contributed by atoms with van der Waals surface area (Å²) in [5.74, 6) is 0. The molecule has 0 aliphatic rings. The van der Waals surface area contributed by atoms with Crippen molar-refractivity contribution in [2.24, 2.45) is 5.73 Å². The highest BCUT2D eigenvalue weighted by atomic mass is 16.3. The van der Waals surface area contributed by atoms with Crippen LogP contribution in [0.4, 0.5) is 0 Å². The fraction of sp³-hybridized carbons (Fsp3) is 1.00. The highest BCUT2D eigenvalue weighted by Crippen LogP contribution is 2.34. The average molecular weight is 229 g/mol. The van der Waals surface area contributed by atoms with E-state index in [0.717, 1.165) is 32.1 Å². The van der Waals surface area contributed by atoms with Crippen molar-refractivity contribution in [3.63, 3.8) is 0 Å².